The van der Waals surface area contributed by atoms with Gasteiger partial charge in [0.1, 0.15) is 17.3 Å². The van der Waals surface area contributed by atoms with Gasteiger partial charge in [-0.25, -0.2) is 9.38 Å². The number of halogens is 4. The van der Waals surface area contributed by atoms with Crippen molar-refractivity contribution in [3.8, 4) is 5.75 Å². The molecule has 1 unspecified atom stereocenters. The van der Waals surface area contributed by atoms with Crippen LogP contribution in [0.25, 0.3) is 0 Å². The second-order valence-electron chi connectivity index (χ2n) is 10.5. The Kier molecular flexibility index (Phi) is 13.5. The minimum atomic E-state index is -4.60. The van der Waals surface area contributed by atoms with Crippen molar-refractivity contribution in [3.05, 3.63) is 95.0 Å². The fraction of sp³-hybridized carbons (Fsp3) is 0.417. The molecular formula is C36H47F4N5O2. The molecule has 2 heterocycles. The van der Waals surface area contributed by atoms with Crippen molar-refractivity contribution in [1.29, 1.82) is 0 Å². The molecule has 0 aliphatic carbocycles. The molecule has 5 rings (SSSR count). The van der Waals surface area contributed by atoms with E-state index >= 15 is 4.39 Å². The number of anilines is 2. The van der Waals surface area contributed by atoms with Gasteiger partial charge in [-0.3, -0.25) is 0 Å². The van der Waals surface area contributed by atoms with Crippen LogP contribution in [0.15, 0.2) is 77.5 Å². The Morgan fingerprint density at radius 1 is 0.979 bits per heavy atom. The van der Waals surface area contributed by atoms with Crippen LogP contribution in [0.1, 0.15) is 70.2 Å². The Balaban J connectivity index is 0.00000144. The Hall–Kier alpha value is -4.25. The van der Waals surface area contributed by atoms with Crippen molar-refractivity contribution < 1.29 is 27.4 Å². The van der Waals surface area contributed by atoms with Gasteiger partial charge in [0.25, 0.3) is 0 Å². The van der Waals surface area contributed by atoms with Crippen LogP contribution < -0.4 is 20.3 Å². The molecule has 11 heteroatoms. The van der Waals surface area contributed by atoms with E-state index in [0.717, 1.165) is 23.6 Å². The van der Waals surface area contributed by atoms with Crippen LogP contribution in [0.5, 0.6) is 5.75 Å². The number of aliphatic hydroxyl groups is 1. The molecule has 1 fully saturated rings. The number of nitrogens with two attached hydrogens (primary N) is 1. The van der Waals surface area contributed by atoms with E-state index in [1.807, 2.05) is 63.8 Å². The predicted octanol–water partition coefficient (Wildman–Crippen LogP) is 8.98. The highest BCUT2D eigenvalue weighted by Crippen LogP contribution is 2.45. The second-order valence-corrected chi connectivity index (χ2v) is 10.5. The number of nitrogens with zero attached hydrogens (tertiary/aromatic N) is 4. The highest BCUT2D eigenvalue weighted by molar-refractivity contribution is 6.01. The lowest BCUT2D eigenvalue weighted by Gasteiger charge is -2.46. The van der Waals surface area contributed by atoms with Gasteiger partial charge in [-0.1, -0.05) is 58.9 Å². The van der Waals surface area contributed by atoms with Gasteiger partial charge in [-0.05, 0) is 48.4 Å². The average Bonchev–Trinajstić information content (AvgIpc) is 3.09. The Morgan fingerprint density at radius 3 is 2.26 bits per heavy atom. The van der Waals surface area contributed by atoms with E-state index in [1.165, 1.54) is 12.1 Å². The molecule has 3 aromatic carbocycles. The molecule has 0 amide bonds. The molecule has 0 radical (unpaired) electrons. The first-order valence-corrected chi connectivity index (χ1v) is 16.2. The van der Waals surface area contributed by atoms with Gasteiger partial charge in [0.05, 0.1) is 24.5 Å². The van der Waals surface area contributed by atoms with E-state index in [9.17, 15) is 18.3 Å². The minimum absolute atomic E-state index is 0.0274. The number of para-hydroxylation sites is 1. The number of ether oxygens (including phenoxy) is 1. The van der Waals surface area contributed by atoms with Gasteiger partial charge in [-0.2, -0.15) is 13.2 Å². The highest BCUT2D eigenvalue weighted by Gasteiger charge is 2.39. The van der Waals surface area contributed by atoms with Crippen LogP contribution in [-0.4, -0.2) is 49.3 Å². The normalized spacial score (nSPS) is 16.3. The molecule has 7 nitrogen and oxygen atoms in total. The first-order chi connectivity index (χ1) is 22.6. The van der Waals surface area contributed by atoms with Crippen LogP contribution in [0.2, 0.25) is 0 Å². The van der Waals surface area contributed by atoms with E-state index in [-0.39, 0.29) is 30.1 Å². The number of guanidine groups is 1. The number of methoxy groups -OCH3 is 1. The van der Waals surface area contributed by atoms with Gasteiger partial charge < -0.3 is 30.3 Å². The maximum atomic E-state index is 15.3. The lowest BCUT2D eigenvalue weighted by atomic mass is 9.95. The summed E-state index contributed by atoms with van der Waals surface area (Å²) in [6, 6.07) is 15.0. The summed E-state index contributed by atoms with van der Waals surface area (Å²) in [6.07, 6.45) is -2.36. The molecule has 47 heavy (non-hydrogen) atoms. The number of allylic oxidation sites excluding steroid dienone is 1. The van der Waals surface area contributed by atoms with Crippen molar-refractivity contribution in [2.75, 3.05) is 43.1 Å². The summed E-state index contributed by atoms with van der Waals surface area (Å²) in [5.74, 6) is 0.553. The van der Waals surface area contributed by atoms with Crippen molar-refractivity contribution in [1.82, 2.24) is 4.90 Å². The zero-order valence-corrected chi connectivity index (χ0v) is 28.1. The third-order valence-electron chi connectivity index (χ3n) is 7.83. The fourth-order valence-corrected chi connectivity index (χ4v) is 5.68. The van der Waals surface area contributed by atoms with Crippen LogP contribution in [0, 0.1) is 5.82 Å². The van der Waals surface area contributed by atoms with Gasteiger partial charge in [0.15, 0.2) is 0 Å². The summed E-state index contributed by atoms with van der Waals surface area (Å²) < 4.78 is 62.6. The van der Waals surface area contributed by atoms with Crippen LogP contribution in [-0.2, 0) is 12.7 Å². The Labute approximate surface area is 276 Å². The fourth-order valence-electron chi connectivity index (χ4n) is 5.68. The summed E-state index contributed by atoms with van der Waals surface area (Å²) >= 11 is 0. The predicted molar refractivity (Wildman–Crippen MR) is 183 cm³/mol. The molecule has 0 bridgehead atoms. The number of benzene rings is 3. The molecule has 0 aromatic heterocycles. The maximum Gasteiger partial charge on any atom is 0.416 e. The molecular weight excluding hydrogens is 610 g/mol. The third kappa shape index (κ3) is 8.57. The van der Waals surface area contributed by atoms with E-state index in [2.05, 4.69) is 4.90 Å². The van der Waals surface area contributed by atoms with Crippen LogP contribution in [0.4, 0.5) is 34.6 Å². The first-order valence-electron chi connectivity index (χ1n) is 16.2. The number of fused-ring (bicyclic) bond motifs is 1. The van der Waals surface area contributed by atoms with E-state index < -0.39 is 23.6 Å². The molecule has 1 atom stereocenters. The summed E-state index contributed by atoms with van der Waals surface area (Å²) in [7, 11) is 1.61. The topological polar surface area (TPSA) is 77.6 Å². The summed E-state index contributed by atoms with van der Waals surface area (Å²) in [6.45, 7) is 12.0. The van der Waals surface area contributed by atoms with Crippen LogP contribution in [0.3, 0.4) is 0 Å². The SMILES string of the molecule is CC.CC.CCC=C(O)CC1c2cccc(F)c2N=C(N2CCN(c3cccc(OC)c3)CC2)N1c1cc(C(F)(F)F)ccc1CN. The van der Waals surface area contributed by atoms with Crippen molar-refractivity contribution >= 4 is 23.0 Å². The van der Waals surface area contributed by atoms with Gasteiger partial charge in [0, 0.05) is 62.1 Å². The summed E-state index contributed by atoms with van der Waals surface area (Å²) in [5.41, 5.74) is 7.47. The van der Waals surface area contributed by atoms with Crippen LogP contribution >= 0.6 is 0 Å². The van der Waals surface area contributed by atoms with Gasteiger partial charge >= 0.3 is 6.18 Å². The van der Waals surface area contributed by atoms with Crippen molar-refractivity contribution in [2.24, 2.45) is 10.7 Å². The number of hydrogen-bond donors (Lipinski definition) is 2. The second kappa shape index (κ2) is 17.1. The summed E-state index contributed by atoms with van der Waals surface area (Å²) in [4.78, 5) is 10.6. The standard InChI is InChI=1S/C32H35F4N5O2.2C2H6/c1-3-6-24(42)19-29-26-9-5-10-27(33)30(26)38-31(41(29)28-17-22(32(34,35)36)12-11-21(28)20-37)40-15-13-39(14-16-40)23-7-4-8-25(18-23)43-2;2*1-2/h4-12,17-18,29,42H,3,13-16,19-20,37H2,1-2H3;2*1-2H3. The lowest BCUT2D eigenvalue weighted by molar-refractivity contribution is -0.137. The molecule has 0 spiro atoms. The van der Waals surface area contributed by atoms with Gasteiger partial charge in [-0.15, -0.1) is 0 Å². The first kappa shape index (κ1) is 37.2. The quantitative estimate of drug-likeness (QED) is 0.195. The van der Waals surface area contributed by atoms with Gasteiger partial charge in [0.2, 0.25) is 5.96 Å². The number of rotatable bonds is 7. The number of aliphatic hydroxyl groups excluding tert-OH is 1. The number of alkyl halides is 3. The molecule has 1 saturated heterocycles. The zero-order chi connectivity index (χ0) is 34.7. The smallest absolute Gasteiger partial charge is 0.416 e. The Morgan fingerprint density at radius 2 is 1.64 bits per heavy atom. The number of piperazine rings is 1. The monoisotopic (exact) mass is 657 g/mol. The summed E-state index contributed by atoms with van der Waals surface area (Å²) in [5, 5.41) is 10.8. The number of hydrogen-bond acceptors (Lipinski definition) is 7. The van der Waals surface area contributed by atoms with E-state index in [1.54, 1.807) is 30.2 Å². The average molecular weight is 658 g/mol. The largest absolute Gasteiger partial charge is 0.513 e. The van der Waals surface area contributed by atoms with Crippen molar-refractivity contribution in [2.45, 2.75) is 66.2 Å². The Bertz CT molecular complexity index is 1520. The molecule has 256 valence electrons. The molecule has 3 N–H and O–H groups in total. The molecule has 2 aliphatic heterocycles. The van der Waals surface area contributed by atoms with Crippen molar-refractivity contribution in [3.63, 3.8) is 0 Å². The zero-order valence-electron chi connectivity index (χ0n) is 28.1. The maximum absolute atomic E-state index is 15.3. The molecule has 0 saturated carbocycles. The lowest BCUT2D eigenvalue weighted by Crippen LogP contribution is -2.55. The third-order valence-corrected chi connectivity index (χ3v) is 7.83. The minimum Gasteiger partial charge on any atom is -0.513 e. The van der Waals surface area contributed by atoms with E-state index in [0.29, 0.717) is 49.7 Å². The van der Waals surface area contributed by atoms with E-state index in [4.69, 9.17) is 15.5 Å². The molecule has 2 aliphatic rings. The highest BCUT2D eigenvalue weighted by atomic mass is 19.4. The molecule has 3 aromatic rings. The number of aliphatic imine (C=N–C) groups is 1.